The number of phenols is 2. The van der Waals surface area contributed by atoms with Gasteiger partial charge in [-0.1, -0.05) is 11.6 Å². The Kier molecular flexibility index (Phi) is 4.41. The molecule has 0 saturated carbocycles. The third-order valence-electron chi connectivity index (χ3n) is 4.10. The molecule has 0 radical (unpaired) electrons. The minimum absolute atomic E-state index is 0.158. The number of aromatic nitrogens is 1. The highest BCUT2D eigenvalue weighted by Crippen LogP contribution is 2.32. The number of fused-ring (bicyclic) bond motifs is 1. The molecule has 0 spiro atoms. The SMILES string of the molecule is Cc1ccc(O)c(C=Nc2ccc3oc(-c4ccc(O)c(Br)c4)nc3c2)c1. The van der Waals surface area contributed by atoms with Crippen LogP contribution in [0.5, 0.6) is 11.5 Å². The van der Waals surface area contributed by atoms with E-state index in [1.165, 1.54) is 0 Å². The zero-order valence-corrected chi connectivity index (χ0v) is 15.9. The van der Waals surface area contributed by atoms with Gasteiger partial charge < -0.3 is 14.6 Å². The summed E-state index contributed by atoms with van der Waals surface area (Å²) in [5.74, 6) is 0.807. The molecule has 0 fully saturated rings. The molecule has 27 heavy (non-hydrogen) atoms. The Morgan fingerprint density at radius 3 is 2.63 bits per heavy atom. The van der Waals surface area contributed by atoms with E-state index in [0.717, 1.165) is 11.1 Å². The zero-order chi connectivity index (χ0) is 19.0. The molecule has 5 nitrogen and oxygen atoms in total. The first kappa shape index (κ1) is 17.3. The number of aryl methyl sites for hydroxylation is 1. The second-order valence-electron chi connectivity index (χ2n) is 6.16. The van der Waals surface area contributed by atoms with E-state index >= 15 is 0 Å². The first-order valence-corrected chi connectivity index (χ1v) is 9.02. The number of rotatable bonds is 3. The lowest BCUT2D eigenvalue weighted by Gasteiger charge is -2.00. The molecule has 0 atom stereocenters. The van der Waals surface area contributed by atoms with E-state index in [9.17, 15) is 10.2 Å². The van der Waals surface area contributed by atoms with Crippen molar-refractivity contribution in [1.82, 2.24) is 4.98 Å². The van der Waals surface area contributed by atoms with Crippen molar-refractivity contribution in [1.29, 1.82) is 0 Å². The van der Waals surface area contributed by atoms with Crippen molar-refractivity contribution in [3.63, 3.8) is 0 Å². The van der Waals surface area contributed by atoms with Gasteiger partial charge in [0.25, 0.3) is 0 Å². The van der Waals surface area contributed by atoms with E-state index in [1.807, 2.05) is 37.3 Å². The number of benzene rings is 3. The number of aromatic hydroxyl groups is 2. The summed E-state index contributed by atoms with van der Waals surface area (Å²) in [6, 6.07) is 15.9. The van der Waals surface area contributed by atoms with Crippen LogP contribution in [0.1, 0.15) is 11.1 Å². The van der Waals surface area contributed by atoms with Gasteiger partial charge in [0.05, 0.1) is 10.2 Å². The Morgan fingerprint density at radius 1 is 1.00 bits per heavy atom. The quantitative estimate of drug-likeness (QED) is 0.413. The molecule has 4 rings (SSSR count). The molecule has 134 valence electrons. The summed E-state index contributed by atoms with van der Waals surface area (Å²) < 4.78 is 6.37. The Labute approximate surface area is 163 Å². The number of hydrogen-bond donors (Lipinski definition) is 2. The first-order chi connectivity index (χ1) is 13.0. The average Bonchev–Trinajstić information content (AvgIpc) is 3.08. The van der Waals surface area contributed by atoms with Gasteiger partial charge in [0.2, 0.25) is 5.89 Å². The molecule has 1 aromatic heterocycles. The summed E-state index contributed by atoms with van der Waals surface area (Å²) in [5.41, 5.74) is 4.49. The molecule has 0 aliphatic rings. The van der Waals surface area contributed by atoms with Crippen molar-refractivity contribution in [3.05, 3.63) is 70.2 Å². The van der Waals surface area contributed by atoms with Crippen LogP contribution >= 0.6 is 15.9 Å². The smallest absolute Gasteiger partial charge is 0.227 e. The summed E-state index contributed by atoms with van der Waals surface area (Å²) in [6.07, 6.45) is 1.63. The second kappa shape index (κ2) is 6.89. The fraction of sp³-hybridized carbons (Fsp3) is 0.0476. The van der Waals surface area contributed by atoms with Crippen molar-refractivity contribution in [3.8, 4) is 23.0 Å². The Bertz CT molecular complexity index is 1180. The topological polar surface area (TPSA) is 78.9 Å². The van der Waals surface area contributed by atoms with Crippen LogP contribution in [-0.2, 0) is 0 Å². The molecule has 0 aliphatic carbocycles. The molecule has 4 aromatic rings. The maximum atomic E-state index is 9.92. The highest BCUT2D eigenvalue weighted by molar-refractivity contribution is 9.10. The largest absolute Gasteiger partial charge is 0.507 e. The molecule has 0 unspecified atom stereocenters. The molecular formula is C21H15BrN2O3. The van der Waals surface area contributed by atoms with Crippen LogP contribution < -0.4 is 0 Å². The number of oxazole rings is 1. The van der Waals surface area contributed by atoms with Crippen LogP contribution in [0.4, 0.5) is 5.69 Å². The number of halogens is 1. The third-order valence-corrected chi connectivity index (χ3v) is 4.74. The average molecular weight is 423 g/mol. The van der Waals surface area contributed by atoms with Crippen molar-refractivity contribution in [2.75, 3.05) is 0 Å². The van der Waals surface area contributed by atoms with Gasteiger partial charge in [-0.3, -0.25) is 4.99 Å². The lowest BCUT2D eigenvalue weighted by molar-refractivity contribution is 0.472. The minimum atomic E-state index is 0.158. The Balaban J connectivity index is 1.67. The normalized spacial score (nSPS) is 11.5. The summed E-state index contributed by atoms with van der Waals surface area (Å²) in [7, 11) is 0. The summed E-state index contributed by atoms with van der Waals surface area (Å²) in [6.45, 7) is 1.96. The van der Waals surface area contributed by atoms with Crippen molar-refractivity contribution in [2.45, 2.75) is 6.92 Å². The second-order valence-corrected chi connectivity index (χ2v) is 7.01. The molecular weight excluding hydrogens is 408 g/mol. The number of hydrogen-bond acceptors (Lipinski definition) is 5. The minimum Gasteiger partial charge on any atom is -0.507 e. The fourth-order valence-electron chi connectivity index (χ4n) is 2.68. The molecule has 3 aromatic carbocycles. The van der Waals surface area contributed by atoms with E-state index < -0.39 is 0 Å². The molecule has 6 heteroatoms. The summed E-state index contributed by atoms with van der Waals surface area (Å²) in [4.78, 5) is 8.94. The standard InChI is InChI=1S/C21H15BrN2O3/c1-12-2-5-18(25)14(8-12)11-23-15-4-7-20-17(10-15)24-21(27-20)13-3-6-19(26)16(22)9-13/h2-11,25-26H,1H3. The lowest BCUT2D eigenvalue weighted by atomic mass is 10.1. The van der Waals surface area contributed by atoms with E-state index in [2.05, 4.69) is 25.9 Å². The van der Waals surface area contributed by atoms with Gasteiger partial charge in [-0.15, -0.1) is 0 Å². The van der Waals surface area contributed by atoms with Crippen LogP contribution in [-0.4, -0.2) is 21.4 Å². The molecule has 2 N–H and O–H groups in total. The van der Waals surface area contributed by atoms with E-state index in [4.69, 9.17) is 4.42 Å². The number of phenolic OH excluding ortho intramolecular Hbond substituents is 2. The Morgan fingerprint density at radius 2 is 1.81 bits per heavy atom. The highest BCUT2D eigenvalue weighted by Gasteiger charge is 2.10. The van der Waals surface area contributed by atoms with Crippen LogP contribution in [0.2, 0.25) is 0 Å². The van der Waals surface area contributed by atoms with Crippen molar-refractivity contribution < 1.29 is 14.6 Å². The molecule has 1 heterocycles. The van der Waals surface area contributed by atoms with Gasteiger partial charge in [0.15, 0.2) is 5.58 Å². The predicted molar refractivity (Wildman–Crippen MR) is 109 cm³/mol. The molecule has 0 bridgehead atoms. The lowest BCUT2D eigenvalue weighted by Crippen LogP contribution is -1.83. The predicted octanol–water partition coefficient (Wildman–Crippen LogP) is 5.73. The summed E-state index contributed by atoms with van der Waals surface area (Å²) >= 11 is 3.29. The molecule has 0 aliphatic heterocycles. The third kappa shape index (κ3) is 3.57. The number of aliphatic imine (C=N–C) groups is 1. The van der Waals surface area contributed by atoms with Crippen LogP contribution in [0.25, 0.3) is 22.6 Å². The number of nitrogens with zero attached hydrogens (tertiary/aromatic N) is 2. The van der Waals surface area contributed by atoms with E-state index in [1.54, 1.807) is 30.5 Å². The maximum absolute atomic E-state index is 9.92. The van der Waals surface area contributed by atoms with Gasteiger partial charge in [-0.05, 0) is 71.4 Å². The van der Waals surface area contributed by atoms with E-state index in [-0.39, 0.29) is 11.5 Å². The van der Waals surface area contributed by atoms with Gasteiger partial charge >= 0.3 is 0 Å². The monoisotopic (exact) mass is 422 g/mol. The van der Waals surface area contributed by atoms with Gasteiger partial charge in [-0.2, -0.15) is 0 Å². The van der Waals surface area contributed by atoms with Crippen LogP contribution in [0.15, 0.2) is 68.5 Å². The summed E-state index contributed by atoms with van der Waals surface area (Å²) in [5, 5.41) is 19.5. The maximum Gasteiger partial charge on any atom is 0.227 e. The van der Waals surface area contributed by atoms with Gasteiger partial charge in [-0.25, -0.2) is 4.98 Å². The highest BCUT2D eigenvalue weighted by atomic mass is 79.9. The van der Waals surface area contributed by atoms with E-state index in [0.29, 0.717) is 32.7 Å². The first-order valence-electron chi connectivity index (χ1n) is 8.23. The van der Waals surface area contributed by atoms with Gasteiger partial charge in [0.1, 0.15) is 17.0 Å². The van der Waals surface area contributed by atoms with Crippen LogP contribution in [0.3, 0.4) is 0 Å². The molecule has 0 amide bonds. The zero-order valence-electron chi connectivity index (χ0n) is 14.3. The Hall–Kier alpha value is -3.12. The van der Waals surface area contributed by atoms with Crippen molar-refractivity contribution in [2.24, 2.45) is 4.99 Å². The van der Waals surface area contributed by atoms with Gasteiger partial charge in [0, 0.05) is 17.3 Å². The molecule has 0 saturated heterocycles. The van der Waals surface area contributed by atoms with Crippen molar-refractivity contribution >= 4 is 38.9 Å². The fourth-order valence-corrected chi connectivity index (χ4v) is 3.06. The van der Waals surface area contributed by atoms with Crippen LogP contribution in [0, 0.1) is 6.92 Å².